The number of alkyl carbamates (subject to hydrolysis) is 1. The van der Waals surface area contributed by atoms with Gasteiger partial charge in [-0.05, 0) is 91.0 Å². The van der Waals surface area contributed by atoms with E-state index >= 15 is 0 Å². The summed E-state index contributed by atoms with van der Waals surface area (Å²) in [7, 11) is 2.00. The fraction of sp³-hybridized carbons (Fsp3) is 0.742. The minimum atomic E-state index is -0.439. The number of hydrogen-bond acceptors (Lipinski definition) is 7. The van der Waals surface area contributed by atoms with Crippen LogP contribution in [0.25, 0.3) is 11.3 Å². The number of rotatable bonds is 15. The summed E-state index contributed by atoms with van der Waals surface area (Å²) in [6.45, 7) is 7.41. The van der Waals surface area contributed by atoms with Crippen LogP contribution in [0.5, 0.6) is 0 Å². The lowest BCUT2D eigenvalue weighted by Crippen LogP contribution is -2.37. The Morgan fingerprint density at radius 3 is 2.32 bits per heavy atom. The lowest BCUT2D eigenvalue weighted by Gasteiger charge is -2.30. The molecule has 1 amide bonds. The van der Waals surface area contributed by atoms with Gasteiger partial charge in [0.15, 0.2) is 0 Å². The second-order valence-electron chi connectivity index (χ2n) is 12.9. The Kier molecular flexibility index (Phi) is 11.7. The molecule has 2 aliphatic rings. The van der Waals surface area contributed by atoms with Crippen molar-refractivity contribution in [2.24, 2.45) is 13.0 Å². The predicted molar refractivity (Wildman–Crippen MR) is 165 cm³/mol. The van der Waals surface area contributed by atoms with Crippen molar-refractivity contribution in [1.29, 1.82) is 0 Å². The Balaban J connectivity index is 1.07. The number of nitrogens with one attached hydrogen (secondary N) is 3. The lowest BCUT2D eigenvalue weighted by molar-refractivity contribution is 0.0527. The van der Waals surface area contributed by atoms with Gasteiger partial charge < -0.3 is 20.7 Å². The van der Waals surface area contributed by atoms with E-state index in [1.54, 1.807) is 6.20 Å². The molecule has 0 aliphatic heterocycles. The summed E-state index contributed by atoms with van der Waals surface area (Å²) in [5.74, 6) is 1.42. The SMILES string of the molecule is Cn1ncc(-c2nc(NC3CCC(NCCCCCCCCNC(=O)OC(C)(C)C)CC3)ncc2Cl)c1CC1CC1. The molecule has 2 fully saturated rings. The molecule has 2 heterocycles. The number of carbonyl (C=O) groups excluding carboxylic acids is 1. The van der Waals surface area contributed by atoms with Gasteiger partial charge in [0, 0.05) is 36.9 Å². The zero-order valence-electron chi connectivity index (χ0n) is 25.5. The van der Waals surface area contributed by atoms with E-state index in [0.29, 0.717) is 29.6 Å². The van der Waals surface area contributed by atoms with Gasteiger partial charge in [-0.1, -0.05) is 37.3 Å². The van der Waals surface area contributed by atoms with Crippen LogP contribution in [-0.2, 0) is 18.2 Å². The topological polar surface area (TPSA) is 106 Å². The van der Waals surface area contributed by atoms with Gasteiger partial charge in [-0.15, -0.1) is 0 Å². The highest BCUT2D eigenvalue weighted by molar-refractivity contribution is 6.32. The number of hydrogen-bond donors (Lipinski definition) is 3. The van der Waals surface area contributed by atoms with E-state index in [1.165, 1.54) is 44.2 Å². The molecule has 0 unspecified atom stereocenters. The Labute approximate surface area is 251 Å². The first kappa shape index (κ1) is 31.5. The van der Waals surface area contributed by atoms with E-state index in [-0.39, 0.29) is 6.09 Å². The molecule has 4 rings (SSSR count). The minimum Gasteiger partial charge on any atom is -0.444 e. The summed E-state index contributed by atoms with van der Waals surface area (Å²) in [5, 5.41) is 15.2. The average molecular weight is 588 g/mol. The maximum Gasteiger partial charge on any atom is 0.407 e. The van der Waals surface area contributed by atoms with E-state index in [4.69, 9.17) is 21.3 Å². The van der Waals surface area contributed by atoms with E-state index < -0.39 is 5.60 Å². The third-order valence-corrected chi connectivity index (χ3v) is 8.28. The Morgan fingerprint density at radius 2 is 1.63 bits per heavy atom. The average Bonchev–Trinajstić information content (AvgIpc) is 3.67. The number of nitrogens with zero attached hydrogens (tertiary/aromatic N) is 4. The summed E-state index contributed by atoms with van der Waals surface area (Å²) in [6.07, 6.45) is 18.5. The number of amides is 1. The number of aromatic nitrogens is 4. The highest BCUT2D eigenvalue weighted by Gasteiger charge is 2.27. The molecule has 41 heavy (non-hydrogen) atoms. The van der Waals surface area contributed by atoms with E-state index in [9.17, 15) is 4.79 Å². The molecule has 10 heteroatoms. The number of halogens is 1. The van der Waals surface area contributed by atoms with Crippen LogP contribution in [0, 0.1) is 5.92 Å². The molecule has 0 aromatic carbocycles. The third kappa shape index (κ3) is 10.7. The molecule has 2 saturated carbocycles. The summed E-state index contributed by atoms with van der Waals surface area (Å²) >= 11 is 6.55. The number of ether oxygens (including phenoxy) is 1. The van der Waals surface area contributed by atoms with Crippen LogP contribution in [0.1, 0.15) is 104 Å². The van der Waals surface area contributed by atoms with Crippen molar-refractivity contribution in [2.75, 3.05) is 18.4 Å². The van der Waals surface area contributed by atoms with Crippen molar-refractivity contribution in [3.8, 4) is 11.3 Å². The number of aryl methyl sites for hydroxylation is 1. The Bertz CT molecular complexity index is 1100. The van der Waals surface area contributed by atoms with Gasteiger partial charge >= 0.3 is 6.09 Å². The molecule has 0 atom stereocenters. The zero-order valence-corrected chi connectivity index (χ0v) is 26.2. The summed E-state index contributed by atoms with van der Waals surface area (Å²) in [4.78, 5) is 21.0. The van der Waals surface area contributed by atoms with Crippen molar-refractivity contribution in [1.82, 2.24) is 30.4 Å². The van der Waals surface area contributed by atoms with Gasteiger partial charge in [0.25, 0.3) is 0 Å². The highest BCUT2D eigenvalue weighted by atomic mass is 35.5. The molecule has 2 aliphatic carbocycles. The monoisotopic (exact) mass is 587 g/mol. The van der Waals surface area contributed by atoms with Crippen LogP contribution in [0.3, 0.4) is 0 Å². The number of anilines is 1. The quantitative estimate of drug-likeness (QED) is 0.200. The van der Waals surface area contributed by atoms with Crippen LogP contribution in [0.15, 0.2) is 12.4 Å². The first-order valence-corrected chi connectivity index (χ1v) is 16.1. The Hall–Kier alpha value is -2.39. The summed E-state index contributed by atoms with van der Waals surface area (Å²) in [6, 6.07) is 0.973. The maximum atomic E-state index is 11.7. The first-order valence-electron chi connectivity index (χ1n) is 15.7. The van der Waals surface area contributed by atoms with Gasteiger partial charge in [0.05, 0.1) is 23.1 Å². The maximum absolute atomic E-state index is 11.7. The molecular weight excluding hydrogens is 538 g/mol. The van der Waals surface area contributed by atoms with E-state index in [1.807, 2.05) is 38.7 Å². The van der Waals surface area contributed by atoms with Crippen molar-refractivity contribution in [2.45, 2.75) is 122 Å². The van der Waals surface area contributed by atoms with Gasteiger partial charge in [-0.3, -0.25) is 4.68 Å². The minimum absolute atomic E-state index is 0.320. The van der Waals surface area contributed by atoms with Gasteiger partial charge in [0.2, 0.25) is 5.95 Å². The molecule has 2 aromatic heterocycles. The second kappa shape index (κ2) is 15.2. The van der Waals surface area contributed by atoms with Crippen LogP contribution < -0.4 is 16.0 Å². The predicted octanol–water partition coefficient (Wildman–Crippen LogP) is 6.66. The molecule has 228 valence electrons. The number of unbranched alkanes of at least 4 members (excludes halogenated alkanes) is 5. The molecule has 0 bridgehead atoms. The van der Waals surface area contributed by atoms with Crippen molar-refractivity contribution in [3.63, 3.8) is 0 Å². The lowest BCUT2D eigenvalue weighted by atomic mass is 9.91. The molecule has 9 nitrogen and oxygen atoms in total. The number of carbonyl (C=O) groups is 1. The largest absolute Gasteiger partial charge is 0.444 e. The summed E-state index contributed by atoms with van der Waals surface area (Å²) < 4.78 is 7.22. The zero-order chi connectivity index (χ0) is 29.2. The van der Waals surface area contributed by atoms with Crippen molar-refractivity contribution in [3.05, 3.63) is 23.1 Å². The van der Waals surface area contributed by atoms with Gasteiger partial charge in [0.1, 0.15) is 5.60 Å². The summed E-state index contributed by atoms with van der Waals surface area (Å²) in [5.41, 5.74) is 2.57. The van der Waals surface area contributed by atoms with Crippen LogP contribution in [0.4, 0.5) is 10.7 Å². The fourth-order valence-electron chi connectivity index (χ4n) is 5.52. The fourth-order valence-corrected chi connectivity index (χ4v) is 5.71. The molecular formula is C31H50ClN7O2. The first-order chi connectivity index (χ1) is 19.7. The smallest absolute Gasteiger partial charge is 0.407 e. The molecule has 0 saturated heterocycles. The second-order valence-corrected chi connectivity index (χ2v) is 13.3. The van der Waals surface area contributed by atoms with Crippen molar-refractivity contribution >= 4 is 23.6 Å². The van der Waals surface area contributed by atoms with Crippen LogP contribution >= 0.6 is 11.6 Å². The Morgan fingerprint density at radius 1 is 0.976 bits per heavy atom. The van der Waals surface area contributed by atoms with Crippen molar-refractivity contribution < 1.29 is 9.53 Å². The molecule has 3 N–H and O–H groups in total. The molecule has 0 spiro atoms. The van der Waals surface area contributed by atoms with E-state index in [0.717, 1.165) is 68.7 Å². The standard InChI is InChI=1S/C31H50ClN7O2/c1-31(2,3)41-30(40)34-18-10-8-6-5-7-9-17-33-23-13-15-24(16-14-23)37-29-35-21-26(32)28(38-29)25-20-36-39(4)27(25)19-22-11-12-22/h20-24,33H,5-19H2,1-4H3,(H,34,40)(H,35,37,38). The third-order valence-electron chi connectivity index (χ3n) is 8.00. The van der Waals surface area contributed by atoms with Gasteiger partial charge in [-0.25, -0.2) is 14.8 Å². The normalized spacial score (nSPS) is 19.2. The highest BCUT2D eigenvalue weighted by Crippen LogP contribution is 2.37. The van der Waals surface area contributed by atoms with Crippen LogP contribution in [-0.4, -0.2) is 56.6 Å². The van der Waals surface area contributed by atoms with Crippen LogP contribution in [0.2, 0.25) is 5.02 Å². The molecule has 2 aromatic rings. The van der Waals surface area contributed by atoms with Gasteiger partial charge in [-0.2, -0.15) is 5.10 Å². The molecule has 0 radical (unpaired) electrons. The van der Waals surface area contributed by atoms with E-state index in [2.05, 4.69) is 26.0 Å².